The van der Waals surface area contributed by atoms with E-state index in [2.05, 4.69) is 5.10 Å². The van der Waals surface area contributed by atoms with Crippen molar-refractivity contribution in [1.29, 1.82) is 0 Å². The van der Waals surface area contributed by atoms with Crippen molar-refractivity contribution in [3.63, 3.8) is 0 Å². The lowest BCUT2D eigenvalue weighted by atomic mass is 10.1. The number of aryl methyl sites for hydroxylation is 1. The fourth-order valence-electron chi connectivity index (χ4n) is 2.04. The highest BCUT2D eigenvalue weighted by Gasteiger charge is 2.11. The largest absolute Gasteiger partial charge is 0.496 e. The van der Waals surface area contributed by atoms with Gasteiger partial charge in [0.25, 0.3) is 0 Å². The summed E-state index contributed by atoms with van der Waals surface area (Å²) in [5.41, 5.74) is 9.21. The smallest absolute Gasteiger partial charge is 0.129 e. The van der Waals surface area contributed by atoms with Crippen LogP contribution in [0.5, 0.6) is 5.75 Å². The average molecular weight is 310 g/mol. The Balaban J connectivity index is 2.34. The molecule has 0 spiro atoms. The number of rotatable bonds is 4. The molecule has 0 amide bonds. The van der Waals surface area contributed by atoms with Crippen LogP contribution in [0.15, 0.2) is 18.2 Å². The number of benzene rings is 1. The highest BCUT2D eigenvalue weighted by Crippen LogP contribution is 2.23. The van der Waals surface area contributed by atoms with Gasteiger partial charge in [0.2, 0.25) is 0 Å². The second kappa shape index (κ2) is 5.81. The zero-order valence-electron chi connectivity index (χ0n) is 11.6. The lowest BCUT2D eigenvalue weighted by Gasteiger charge is -2.10. The second-order valence-electron chi connectivity index (χ2n) is 4.54. The molecule has 2 rings (SSSR count). The zero-order chi connectivity index (χ0) is 14.9. The fourth-order valence-corrected chi connectivity index (χ4v) is 2.34. The Labute approximate surface area is 128 Å². The van der Waals surface area contributed by atoms with E-state index in [9.17, 15) is 0 Å². The van der Waals surface area contributed by atoms with E-state index >= 15 is 0 Å². The minimum absolute atomic E-state index is 0.322. The number of methoxy groups -OCH3 is 1. The molecule has 106 valence electrons. The van der Waals surface area contributed by atoms with Gasteiger partial charge in [-0.2, -0.15) is 5.10 Å². The van der Waals surface area contributed by atoms with Gasteiger partial charge in [-0.05, 0) is 31.5 Å². The van der Waals surface area contributed by atoms with Crippen LogP contribution in [0.4, 0.5) is 0 Å². The van der Waals surface area contributed by atoms with Crippen LogP contribution in [0, 0.1) is 13.8 Å². The highest BCUT2D eigenvalue weighted by atomic mass is 35.5. The van der Waals surface area contributed by atoms with Crippen molar-refractivity contribution in [1.82, 2.24) is 9.78 Å². The molecule has 1 heterocycles. The van der Waals surface area contributed by atoms with Crippen LogP contribution in [0.25, 0.3) is 0 Å². The molecule has 1 aromatic heterocycles. The summed E-state index contributed by atoms with van der Waals surface area (Å²) in [7, 11) is 1.60. The Kier molecular flexibility index (Phi) is 4.30. The molecular formula is C14H16ClN3OS. The molecular weight excluding hydrogens is 294 g/mol. The lowest BCUT2D eigenvalue weighted by molar-refractivity contribution is 0.413. The molecule has 0 aliphatic heterocycles. The standard InChI is InChI=1S/C14H16ClN3OS/c1-8-13(15)9(2)18(17-8)7-10-4-5-11(14(16)20)12(6-10)19-3/h4-6H,7H2,1-3H3,(H2,16,20). The zero-order valence-corrected chi connectivity index (χ0v) is 13.2. The average Bonchev–Trinajstić information content (AvgIpc) is 2.66. The van der Waals surface area contributed by atoms with Gasteiger partial charge in [-0.1, -0.05) is 29.9 Å². The summed E-state index contributed by atoms with van der Waals surface area (Å²) in [5.74, 6) is 0.669. The quantitative estimate of drug-likeness (QED) is 0.882. The molecule has 0 saturated heterocycles. The van der Waals surface area contributed by atoms with Gasteiger partial charge in [0.1, 0.15) is 10.7 Å². The third-order valence-electron chi connectivity index (χ3n) is 3.16. The van der Waals surface area contributed by atoms with Crippen molar-refractivity contribution < 1.29 is 4.74 Å². The predicted octanol–water partition coefficient (Wildman–Crippen LogP) is 2.84. The van der Waals surface area contributed by atoms with Gasteiger partial charge < -0.3 is 10.5 Å². The van der Waals surface area contributed by atoms with Crippen LogP contribution in [0.2, 0.25) is 5.02 Å². The minimum atomic E-state index is 0.322. The summed E-state index contributed by atoms with van der Waals surface area (Å²) < 4.78 is 7.19. The summed E-state index contributed by atoms with van der Waals surface area (Å²) in [5, 5.41) is 5.12. The van der Waals surface area contributed by atoms with Crippen molar-refractivity contribution in [3.8, 4) is 5.75 Å². The Hall–Kier alpha value is -1.59. The summed E-state index contributed by atoms with van der Waals surface area (Å²) in [4.78, 5) is 0.322. The van der Waals surface area contributed by atoms with Crippen LogP contribution in [0.1, 0.15) is 22.5 Å². The third-order valence-corrected chi connectivity index (χ3v) is 3.92. The molecule has 0 aliphatic carbocycles. The Morgan fingerprint density at radius 1 is 1.45 bits per heavy atom. The number of hydrogen-bond acceptors (Lipinski definition) is 3. The van der Waals surface area contributed by atoms with E-state index in [4.69, 9.17) is 34.3 Å². The van der Waals surface area contributed by atoms with Gasteiger partial charge in [0, 0.05) is 0 Å². The van der Waals surface area contributed by atoms with Crippen molar-refractivity contribution >= 4 is 28.8 Å². The Morgan fingerprint density at radius 2 is 2.15 bits per heavy atom. The van der Waals surface area contributed by atoms with Crippen LogP contribution in [-0.4, -0.2) is 21.9 Å². The van der Waals surface area contributed by atoms with Crippen LogP contribution < -0.4 is 10.5 Å². The Morgan fingerprint density at radius 3 is 2.65 bits per heavy atom. The van der Waals surface area contributed by atoms with Gasteiger partial charge in [-0.3, -0.25) is 4.68 Å². The second-order valence-corrected chi connectivity index (χ2v) is 5.36. The first-order chi connectivity index (χ1) is 9.43. The van der Waals surface area contributed by atoms with E-state index in [1.54, 1.807) is 7.11 Å². The summed E-state index contributed by atoms with van der Waals surface area (Å²) in [6.45, 7) is 4.46. The van der Waals surface area contributed by atoms with Crippen molar-refractivity contribution in [2.75, 3.05) is 7.11 Å². The number of aromatic nitrogens is 2. The van der Waals surface area contributed by atoms with E-state index in [0.29, 0.717) is 22.3 Å². The number of thiocarbonyl (C=S) groups is 1. The van der Waals surface area contributed by atoms with E-state index < -0.39 is 0 Å². The van der Waals surface area contributed by atoms with Gasteiger partial charge in [-0.15, -0.1) is 0 Å². The number of nitrogens with two attached hydrogens (primary N) is 1. The number of ether oxygens (including phenoxy) is 1. The van der Waals surface area contributed by atoms with Crippen molar-refractivity contribution in [3.05, 3.63) is 45.7 Å². The maximum atomic E-state index is 6.15. The van der Waals surface area contributed by atoms with Gasteiger partial charge in [-0.25, -0.2) is 0 Å². The molecule has 20 heavy (non-hydrogen) atoms. The number of halogens is 1. The first-order valence-electron chi connectivity index (χ1n) is 6.10. The van der Waals surface area contributed by atoms with Crippen molar-refractivity contribution in [2.24, 2.45) is 5.73 Å². The monoisotopic (exact) mass is 309 g/mol. The molecule has 0 saturated carbocycles. The molecule has 2 N–H and O–H groups in total. The minimum Gasteiger partial charge on any atom is -0.496 e. The van der Waals surface area contributed by atoms with Crippen LogP contribution in [0.3, 0.4) is 0 Å². The Bertz CT molecular complexity index is 667. The SMILES string of the molecule is COc1cc(Cn2nc(C)c(Cl)c2C)ccc1C(N)=S. The third kappa shape index (κ3) is 2.78. The molecule has 1 aromatic carbocycles. The first-order valence-corrected chi connectivity index (χ1v) is 6.89. The maximum Gasteiger partial charge on any atom is 0.129 e. The van der Waals surface area contributed by atoms with E-state index in [-0.39, 0.29) is 0 Å². The van der Waals surface area contributed by atoms with E-state index in [1.165, 1.54) is 0 Å². The molecule has 0 radical (unpaired) electrons. The van der Waals surface area contributed by atoms with E-state index in [1.807, 2.05) is 36.7 Å². The maximum absolute atomic E-state index is 6.15. The van der Waals surface area contributed by atoms with Crippen LogP contribution >= 0.6 is 23.8 Å². The van der Waals surface area contributed by atoms with Gasteiger partial charge in [0.15, 0.2) is 0 Å². The summed E-state index contributed by atoms with van der Waals surface area (Å²) >= 11 is 11.1. The topological polar surface area (TPSA) is 53.1 Å². The predicted molar refractivity (Wildman–Crippen MR) is 84.7 cm³/mol. The molecule has 0 unspecified atom stereocenters. The fraction of sp³-hybridized carbons (Fsp3) is 0.286. The van der Waals surface area contributed by atoms with Crippen molar-refractivity contribution in [2.45, 2.75) is 20.4 Å². The van der Waals surface area contributed by atoms with E-state index in [0.717, 1.165) is 22.5 Å². The normalized spacial score (nSPS) is 10.6. The summed E-state index contributed by atoms with van der Waals surface area (Å²) in [6, 6.07) is 5.74. The lowest BCUT2D eigenvalue weighted by Crippen LogP contribution is -2.12. The van der Waals surface area contributed by atoms with Gasteiger partial charge >= 0.3 is 0 Å². The van der Waals surface area contributed by atoms with Crippen LogP contribution in [-0.2, 0) is 6.54 Å². The summed E-state index contributed by atoms with van der Waals surface area (Å²) in [6.07, 6.45) is 0. The number of hydrogen-bond donors (Lipinski definition) is 1. The molecule has 0 fully saturated rings. The van der Waals surface area contributed by atoms with Gasteiger partial charge in [0.05, 0.1) is 35.6 Å². The number of nitrogens with zero attached hydrogens (tertiary/aromatic N) is 2. The molecule has 0 atom stereocenters. The molecule has 0 bridgehead atoms. The molecule has 0 aliphatic rings. The molecule has 4 nitrogen and oxygen atoms in total. The highest BCUT2D eigenvalue weighted by molar-refractivity contribution is 7.80. The molecule has 6 heteroatoms. The first kappa shape index (κ1) is 14.8. The molecule has 2 aromatic rings.